The second kappa shape index (κ2) is 4.12. The molecule has 0 saturated heterocycles. The summed E-state index contributed by atoms with van der Waals surface area (Å²) in [7, 11) is 6.57. The number of hydrogen-bond acceptors (Lipinski definition) is 0. The highest BCUT2D eigenvalue weighted by atomic mass is 35.5. The normalized spacial score (nSPS) is 11.7. The summed E-state index contributed by atoms with van der Waals surface area (Å²) in [6, 6.07) is 8.05. The first-order chi connectivity index (χ1) is 5.99. The molecular formula is C11H17ClN+. The van der Waals surface area contributed by atoms with Gasteiger partial charge in [-0.15, -0.1) is 0 Å². The first-order valence-corrected chi connectivity index (χ1v) is 4.91. The van der Waals surface area contributed by atoms with Crippen LogP contribution in [0.3, 0.4) is 0 Å². The van der Waals surface area contributed by atoms with Crippen molar-refractivity contribution < 1.29 is 4.48 Å². The molecule has 0 heterocycles. The Morgan fingerprint density at radius 2 is 1.77 bits per heavy atom. The van der Waals surface area contributed by atoms with Crippen molar-refractivity contribution in [2.75, 3.05) is 27.7 Å². The van der Waals surface area contributed by atoms with Crippen molar-refractivity contribution >= 4 is 11.6 Å². The van der Waals surface area contributed by atoms with Crippen molar-refractivity contribution in [1.29, 1.82) is 0 Å². The summed E-state index contributed by atoms with van der Waals surface area (Å²) >= 11 is 6.05. The maximum absolute atomic E-state index is 6.05. The Morgan fingerprint density at radius 1 is 1.15 bits per heavy atom. The highest BCUT2D eigenvalue weighted by Crippen LogP contribution is 2.15. The minimum absolute atomic E-state index is 0.885. The minimum Gasteiger partial charge on any atom is -0.331 e. The predicted molar refractivity (Wildman–Crippen MR) is 58.1 cm³/mol. The second-order valence-electron chi connectivity index (χ2n) is 4.36. The van der Waals surface area contributed by atoms with E-state index in [4.69, 9.17) is 11.6 Å². The molecular weight excluding hydrogens is 182 g/mol. The highest BCUT2D eigenvalue weighted by molar-refractivity contribution is 6.31. The lowest BCUT2D eigenvalue weighted by Gasteiger charge is -2.23. The zero-order valence-electron chi connectivity index (χ0n) is 8.55. The number of nitrogens with zero attached hydrogens (tertiary/aromatic N) is 1. The number of benzene rings is 1. The van der Waals surface area contributed by atoms with Crippen molar-refractivity contribution in [1.82, 2.24) is 0 Å². The van der Waals surface area contributed by atoms with Crippen LogP contribution in [-0.2, 0) is 6.42 Å². The maximum atomic E-state index is 6.05. The van der Waals surface area contributed by atoms with Crippen molar-refractivity contribution in [2.24, 2.45) is 0 Å². The van der Waals surface area contributed by atoms with E-state index in [1.54, 1.807) is 0 Å². The van der Waals surface area contributed by atoms with Crippen LogP contribution in [-0.4, -0.2) is 32.2 Å². The molecule has 0 saturated carbocycles. The molecule has 1 aromatic rings. The molecule has 1 nitrogen and oxygen atoms in total. The summed E-state index contributed by atoms with van der Waals surface area (Å²) < 4.78 is 0.977. The molecule has 0 fully saturated rings. The van der Waals surface area contributed by atoms with Gasteiger partial charge in [0, 0.05) is 11.4 Å². The summed E-state index contributed by atoms with van der Waals surface area (Å²) in [5.74, 6) is 0. The van der Waals surface area contributed by atoms with Gasteiger partial charge in [-0.2, -0.15) is 0 Å². The minimum atomic E-state index is 0.885. The van der Waals surface area contributed by atoms with E-state index >= 15 is 0 Å². The fraction of sp³-hybridized carbons (Fsp3) is 0.455. The van der Waals surface area contributed by atoms with Gasteiger partial charge in [0.25, 0.3) is 0 Å². The number of likely N-dealkylation sites (N-methyl/N-ethyl adjacent to an activating group) is 1. The van der Waals surface area contributed by atoms with Gasteiger partial charge in [0.15, 0.2) is 0 Å². The Hall–Kier alpha value is -0.530. The zero-order chi connectivity index (χ0) is 9.90. The van der Waals surface area contributed by atoms with Crippen LogP contribution in [0.2, 0.25) is 5.02 Å². The number of halogens is 1. The van der Waals surface area contributed by atoms with E-state index in [2.05, 4.69) is 27.2 Å². The van der Waals surface area contributed by atoms with Crippen molar-refractivity contribution in [3.8, 4) is 0 Å². The quantitative estimate of drug-likeness (QED) is 0.655. The molecule has 0 aliphatic carbocycles. The maximum Gasteiger partial charge on any atom is 0.0821 e. The molecule has 0 spiro atoms. The van der Waals surface area contributed by atoms with E-state index in [1.807, 2.05) is 18.2 Å². The second-order valence-corrected chi connectivity index (χ2v) is 4.76. The largest absolute Gasteiger partial charge is 0.331 e. The fourth-order valence-electron chi connectivity index (χ4n) is 1.16. The van der Waals surface area contributed by atoms with Gasteiger partial charge in [-0.3, -0.25) is 0 Å². The first kappa shape index (κ1) is 10.6. The van der Waals surface area contributed by atoms with Gasteiger partial charge < -0.3 is 4.48 Å². The van der Waals surface area contributed by atoms with E-state index in [0.29, 0.717) is 0 Å². The molecule has 0 atom stereocenters. The van der Waals surface area contributed by atoms with Gasteiger partial charge >= 0.3 is 0 Å². The van der Waals surface area contributed by atoms with Gasteiger partial charge in [0.1, 0.15) is 0 Å². The molecule has 0 aliphatic rings. The third-order valence-electron chi connectivity index (χ3n) is 2.01. The topological polar surface area (TPSA) is 0 Å². The van der Waals surface area contributed by atoms with Crippen LogP contribution in [0, 0.1) is 0 Å². The highest BCUT2D eigenvalue weighted by Gasteiger charge is 2.08. The van der Waals surface area contributed by atoms with Gasteiger partial charge in [0.05, 0.1) is 27.7 Å². The van der Waals surface area contributed by atoms with Crippen LogP contribution in [0.1, 0.15) is 5.56 Å². The molecule has 0 aromatic heterocycles. The predicted octanol–water partition coefficient (Wildman–Crippen LogP) is 2.59. The van der Waals surface area contributed by atoms with Crippen LogP contribution < -0.4 is 0 Å². The lowest BCUT2D eigenvalue weighted by molar-refractivity contribution is -0.870. The SMILES string of the molecule is C[N+](C)(C)CCc1ccccc1Cl. The lowest BCUT2D eigenvalue weighted by Crippen LogP contribution is -2.36. The lowest BCUT2D eigenvalue weighted by atomic mass is 10.1. The van der Waals surface area contributed by atoms with E-state index in [1.165, 1.54) is 5.56 Å². The molecule has 0 radical (unpaired) electrons. The molecule has 0 amide bonds. The van der Waals surface area contributed by atoms with Gasteiger partial charge in [-0.25, -0.2) is 0 Å². The number of hydrogen-bond donors (Lipinski definition) is 0. The van der Waals surface area contributed by atoms with Crippen LogP contribution in [0.25, 0.3) is 0 Å². The van der Waals surface area contributed by atoms with E-state index in [0.717, 1.165) is 22.5 Å². The molecule has 2 heteroatoms. The average Bonchev–Trinajstić information content (AvgIpc) is 2.01. The Bertz CT molecular complexity index is 276. The van der Waals surface area contributed by atoms with Crippen molar-refractivity contribution in [2.45, 2.75) is 6.42 Å². The zero-order valence-corrected chi connectivity index (χ0v) is 9.30. The van der Waals surface area contributed by atoms with E-state index < -0.39 is 0 Å². The van der Waals surface area contributed by atoms with Crippen LogP contribution >= 0.6 is 11.6 Å². The van der Waals surface area contributed by atoms with Crippen molar-refractivity contribution in [3.63, 3.8) is 0 Å². The van der Waals surface area contributed by atoms with Crippen molar-refractivity contribution in [3.05, 3.63) is 34.9 Å². The molecule has 72 valence electrons. The Balaban J connectivity index is 2.60. The summed E-state index contributed by atoms with van der Waals surface area (Å²) in [5.41, 5.74) is 1.25. The number of rotatable bonds is 3. The molecule has 0 unspecified atom stereocenters. The Labute approximate surface area is 85.5 Å². The molecule has 1 rings (SSSR count). The Morgan fingerprint density at radius 3 is 2.31 bits per heavy atom. The smallest absolute Gasteiger partial charge is 0.0821 e. The summed E-state index contributed by atoms with van der Waals surface area (Å²) in [5, 5.41) is 0.885. The average molecular weight is 199 g/mol. The molecule has 0 N–H and O–H groups in total. The third-order valence-corrected chi connectivity index (χ3v) is 2.38. The molecule has 0 bridgehead atoms. The Kier molecular flexibility index (Phi) is 3.34. The molecule has 1 aromatic carbocycles. The van der Waals surface area contributed by atoms with Gasteiger partial charge in [-0.05, 0) is 11.6 Å². The van der Waals surface area contributed by atoms with Gasteiger partial charge in [-0.1, -0.05) is 29.8 Å². The monoisotopic (exact) mass is 198 g/mol. The van der Waals surface area contributed by atoms with E-state index in [9.17, 15) is 0 Å². The number of quaternary nitrogens is 1. The van der Waals surface area contributed by atoms with Gasteiger partial charge in [0.2, 0.25) is 0 Å². The molecule has 13 heavy (non-hydrogen) atoms. The standard InChI is InChI=1S/C11H17ClN/c1-13(2,3)9-8-10-6-4-5-7-11(10)12/h4-7H,8-9H2,1-3H3/q+1. The van der Waals surface area contributed by atoms with E-state index in [-0.39, 0.29) is 0 Å². The fourth-order valence-corrected chi connectivity index (χ4v) is 1.39. The van der Waals surface area contributed by atoms with Crippen LogP contribution in [0.5, 0.6) is 0 Å². The molecule has 0 aliphatic heterocycles. The van der Waals surface area contributed by atoms with Crippen LogP contribution in [0.15, 0.2) is 24.3 Å². The summed E-state index contributed by atoms with van der Waals surface area (Å²) in [6.07, 6.45) is 1.04. The third kappa shape index (κ3) is 3.79. The first-order valence-electron chi connectivity index (χ1n) is 4.53. The summed E-state index contributed by atoms with van der Waals surface area (Å²) in [4.78, 5) is 0. The van der Waals surface area contributed by atoms with Crippen LogP contribution in [0.4, 0.5) is 0 Å². The summed E-state index contributed by atoms with van der Waals surface area (Å²) in [6.45, 7) is 1.11.